The standard InChI is InChI=1S/C25H23BrN2O2/c26-21-12-10-20(11-13-21)25(30)28-16-14-19(15-17-28)24(29)27-23-9-5-4-8-22(23)18-6-2-1-3-7-18/h1-13,19H,14-17H2,(H,27,29). The molecule has 0 aliphatic carbocycles. The Balaban J connectivity index is 1.39. The maximum absolute atomic E-state index is 12.9. The van der Waals surface area contributed by atoms with Crippen molar-refractivity contribution in [1.29, 1.82) is 0 Å². The van der Waals surface area contributed by atoms with E-state index in [1.807, 2.05) is 83.8 Å². The third-order valence-corrected chi connectivity index (χ3v) is 6.04. The Kier molecular flexibility index (Phi) is 6.29. The molecule has 3 aromatic rings. The van der Waals surface area contributed by atoms with Crippen LogP contribution in [0.15, 0.2) is 83.3 Å². The van der Waals surface area contributed by atoms with Crippen LogP contribution in [0.5, 0.6) is 0 Å². The van der Waals surface area contributed by atoms with E-state index in [-0.39, 0.29) is 17.7 Å². The molecule has 30 heavy (non-hydrogen) atoms. The van der Waals surface area contributed by atoms with Crippen LogP contribution in [0, 0.1) is 5.92 Å². The fourth-order valence-electron chi connectivity index (χ4n) is 3.82. The van der Waals surface area contributed by atoms with E-state index in [2.05, 4.69) is 21.2 Å². The molecule has 0 radical (unpaired) electrons. The molecule has 1 fully saturated rings. The van der Waals surface area contributed by atoms with E-state index in [1.54, 1.807) is 0 Å². The lowest BCUT2D eigenvalue weighted by molar-refractivity contribution is -0.121. The average Bonchev–Trinajstić information content (AvgIpc) is 2.80. The predicted molar refractivity (Wildman–Crippen MR) is 123 cm³/mol. The maximum Gasteiger partial charge on any atom is 0.253 e. The lowest BCUT2D eigenvalue weighted by Gasteiger charge is -2.31. The van der Waals surface area contributed by atoms with E-state index < -0.39 is 0 Å². The van der Waals surface area contributed by atoms with Crippen molar-refractivity contribution < 1.29 is 9.59 Å². The number of benzene rings is 3. The number of nitrogens with one attached hydrogen (secondary N) is 1. The van der Waals surface area contributed by atoms with Crippen LogP contribution in [-0.4, -0.2) is 29.8 Å². The van der Waals surface area contributed by atoms with Crippen LogP contribution in [0.4, 0.5) is 5.69 Å². The summed E-state index contributed by atoms with van der Waals surface area (Å²) in [6.07, 6.45) is 1.34. The number of hydrogen-bond acceptors (Lipinski definition) is 2. The van der Waals surface area contributed by atoms with Crippen LogP contribution < -0.4 is 5.32 Å². The molecule has 1 saturated heterocycles. The molecule has 0 bridgehead atoms. The van der Waals surface area contributed by atoms with Crippen molar-refractivity contribution in [1.82, 2.24) is 4.90 Å². The van der Waals surface area contributed by atoms with Crippen LogP contribution in [0.25, 0.3) is 11.1 Å². The van der Waals surface area contributed by atoms with Gasteiger partial charge < -0.3 is 10.2 Å². The maximum atomic E-state index is 12.9. The molecule has 5 heteroatoms. The SMILES string of the molecule is O=C(Nc1ccccc1-c1ccccc1)C1CCN(C(=O)c2ccc(Br)cc2)CC1. The highest BCUT2D eigenvalue weighted by Gasteiger charge is 2.28. The van der Waals surface area contributed by atoms with Crippen molar-refractivity contribution in [3.63, 3.8) is 0 Å². The molecular weight excluding hydrogens is 440 g/mol. The number of likely N-dealkylation sites (tertiary alicyclic amines) is 1. The average molecular weight is 463 g/mol. The summed E-state index contributed by atoms with van der Waals surface area (Å²) in [5.74, 6) is -0.0484. The first-order valence-corrected chi connectivity index (χ1v) is 10.9. The van der Waals surface area contributed by atoms with Crippen LogP contribution in [0.1, 0.15) is 23.2 Å². The van der Waals surface area contributed by atoms with Crippen molar-refractivity contribution in [3.8, 4) is 11.1 Å². The van der Waals surface area contributed by atoms with E-state index in [1.165, 1.54) is 0 Å². The molecule has 0 saturated carbocycles. The summed E-state index contributed by atoms with van der Waals surface area (Å²) in [4.78, 5) is 27.4. The van der Waals surface area contributed by atoms with Crippen molar-refractivity contribution in [2.24, 2.45) is 5.92 Å². The molecular formula is C25H23BrN2O2. The molecule has 4 rings (SSSR count). The molecule has 1 N–H and O–H groups in total. The van der Waals surface area contributed by atoms with Gasteiger partial charge in [-0.25, -0.2) is 0 Å². The minimum absolute atomic E-state index is 0.0223. The zero-order valence-corrected chi connectivity index (χ0v) is 18.1. The van der Waals surface area contributed by atoms with E-state index in [9.17, 15) is 9.59 Å². The van der Waals surface area contributed by atoms with Gasteiger partial charge in [0, 0.05) is 40.3 Å². The molecule has 0 atom stereocenters. The number of para-hydroxylation sites is 1. The Morgan fingerprint density at radius 1 is 0.833 bits per heavy atom. The first-order valence-electron chi connectivity index (χ1n) is 10.1. The molecule has 1 aliphatic rings. The molecule has 152 valence electrons. The van der Waals surface area contributed by atoms with Crippen molar-refractivity contribution in [2.45, 2.75) is 12.8 Å². The van der Waals surface area contributed by atoms with Crippen LogP contribution >= 0.6 is 15.9 Å². The van der Waals surface area contributed by atoms with Crippen molar-refractivity contribution in [2.75, 3.05) is 18.4 Å². The Labute approximate surface area is 185 Å². The lowest BCUT2D eigenvalue weighted by atomic mass is 9.95. The van der Waals surface area contributed by atoms with Crippen LogP contribution in [-0.2, 0) is 4.79 Å². The van der Waals surface area contributed by atoms with Crippen LogP contribution in [0.2, 0.25) is 0 Å². The summed E-state index contributed by atoms with van der Waals surface area (Å²) in [5.41, 5.74) is 3.58. The van der Waals surface area contributed by atoms with Gasteiger partial charge in [0.25, 0.3) is 5.91 Å². The van der Waals surface area contributed by atoms with Crippen molar-refractivity contribution in [3.05, 3.63) is 88.9 Å². The molecule has 4 nitrogen and oxygen atoms in total. The number of amides is 2. The summed E-state index contributed by atoms with van der Waals surface area (Å²) in [7, 11) is 0. The number of carbonyl (C=O) groups excluding carboxylic acids is 2. The Morgan fingerprint density at radius 3 is 2.17 bits per heavy atom. The number of anilines is 1. The predicted octanol–water partition coefficient (Wildman–Crippen LogP) is 5.61. The highest BCUT2D eigenvalue weighted by atomic mass is 79.9. The number of nitrogens with zero attached hydrogens (tertiary/aromatic N) is 1. The van der Waals surface area contributed by atoms with Gasteiger partial charge in [-0.2, -0.15) is 0 Å². The van der Waals surface area contributed by atoms with Gasteiger partial charge in [0.15, 0.2) is 0 Å². The largest absolute Gasteiger partial charge is 0.339 e. The fourth-order valence-corrected chi connectivity index (χ4v) is 4.08. The quantitative estimate of drug-likeness (QED) is 0.547. The molecule has 0 aromatic heterocycles. The highest BCUT2D eigenvalue weighted by molar-refractivity contribution is 9.10. The van der Waals surface area contributed by atoms with Gasteiger partial charge in [0.05, 0.1) is 0 Å². The van der Waals surface area contributed by atoms with Gasteiger partial charge in [-0.3, -0.25) is 9.59 Å². The van der Waals surface area contributed by atoms with E-state index in [4.69, 9.17) is 0 Å². The molecule has 1 heterocycles. The number of rotatable bonds is 4. The fraction of sp³-hybridized carbons (Fsp3) is 0.200. The van der Waals surface area contributed by atoms with E-state index in [0.29, 0.717) is 31.5 Å². The van der Waals surface area contributed by atoms with Gasteiger partial charge in [0.2, 0.25) is 5.91 Å². The van der Waals surface area contributed by atoms with E-state index in [0.717, 1.165) is 21.3 Å². The first kappa shape index (κ1) is 20.4. The summed E-state index contributed by atoms with van der Waals surface area (Å²) < 4.78 is 0.949. The second kappa shape index (κ2) is 9.26. The smallest absolute Gasteiger partial charge is 0.253 e. The minimum atomic E-state index is -0.0946. The summed E-state index contributed by atoms with van der Waals surface area (Å²) >= 11 is 3.39. The van der Waals surface area contributed by atoms with Crippen LogP contribution in [0.3, 0.4) is 0 Å². The Hall–Kier alpha value is -2.92. The van der Waals surface area contributed by atoms with Gasteiger partial charge >= 0.3 is 0 Å². The highest BCUT2D eigenvalue weighted by Crippen LogP contribution is 2.29. The Bertz CT molecular complexity index is 1030. The lowest BCUT2D eigenvalue weighted by Crippen LogP contribution is -2.41. The summed E-state index contributed by atoms with van der Waals surface area (Å²) in [6.45, 7) is 1.18. The van der Waals surface area contributed by atoms with Gasteiger partial charge in [-0.05, 0) is 48.7 Å². The number of halogens is 1. The zero-order valence-electron chi connectivity index (χ0n) is 16.6. The molecule has 0 unspecified atom stereocenters. The minimum Gasteiger partial charge on any atom is -0.339 e. The van der Waals surface area contributed by atoms with E-state index >= 15 is 0 Å². The molecule has 0 spiro atoms. The number of carbonyl (C=O) groups is 2. The Morgan fingerprint density at radius 2 is 1.47 bits per heavy atom. The van der Waals surface area contributed by atoms with Gasteiger partial charge in [-0.15, -0.1) is 0 Å². The topological polar surface area (TPSA) is 49.4 Å². The van der Waals surface area contributed by atoms with Gasteiger partial charge in [0.1, 0.15) is 0 Å². The molecule has 3 aromatic carbocycles. The second-order valence-electron chi connectivity index (χ2n) is 7.47. The molecule has 2 amide bonds. The third-order valence-electron chi connectivity index (χ3n) is 5.51. The second-order valence-corrected chi connectivity index (χ2v) is 8.39. The summed E-state index contributed by atoms with van der Waals surface area (Å²) in [6, 6.07) is 25.3. The number of hydrogen-bond donors (Lipinski definition) is 1. The zero-order chi connectivity index (χ0) is 20.9. The molecule has 1 aliphatic heterocycles. The third kappa shape index (κ3) is 4.62. The summed E-state index contributed by atoms with van der Waals surface area (Å²) in [5, 5.41) is 3.11. The van der Waals surface area contributed by atoms with Crippen molar-refractivity contribution >= 4 is 33.4 Å². The van der Waals surface area contributed by atoms with Gasteiger partial charge in [-0.1, -0.05) is 64.5 Å². The normalized spacial score (nSPS) is 14.4. The first-order chi connectivity index (χ1) is 14.6. The monoisotopic (exact) mass is 462 g/mol. The number of piperidine rings is 1.